The Hall–Kier alpha value is -3.69. The van der Waals surface area contributed by atoms with Gasteiger partial charge in [0, 0.05) is 30.4 Å². The molecule has 3 heterocycles. The first-order valence-corrected chi connectivity index (χ1v) is 11.9. The molecule has 0 saturated heterocycles. The first-order valence-electron chi connectivity index (χ1n) is 11.5. The number of halogens is 2. The minimum Gasteiger partial charge on any atom is -0.485 e. The van der Waals surface area contributed by atoms with Crippen LogP contribution in [0.25, 0.3) is 11.9 Å². The lowest BCUT2D eigenvalue weighted by Crippen LogP contribution is -2.20. The Bertz CT molecular complexity index is 1460. The van der Waals surface area contributed by atoms with E-state index >= 15 is 0 Å². The van der Waals surface area contributed by atoms with Gasteiger partial charge in [-0.2, -0.15) is 0 Å². The molecule has 3 aromatic rings. The molecule has 8 nitrogen and oxygen atoms in total. The second-order valence-corrected chi connectivity index (χ2v) is 9.36. The Morgan fingerprint density at radius 1 is 1.30 bits per heavy atom. The molecule has 0 unspecified atom stereocenters. The van der Waals surface area contributed by atoms with Gasteiger partial charge in [-0.3, -0.25) is 19.3 Å². The summed E-state index contributed by atoms with van der Waals surface area (Å²) in [6, 6.07) is 4.93. The lowest BCUT2D eigenvalue weighted by atomic mass is 10.1. The van der Waals surface area contributed by atoms with Crippen LogP contribution in [0.1, 0.15) is 56.2 Å². The number of allylic oxidation sites excluding steroid dienone is 2. The smallest absolute Gasteiger partial charge is 0.277 e. The van der Waals surface area contributed by atoms with Gasteiger partial charge in [0.15, 0.2) is 5.82 Å². The summed E-state index contributed by atoms with van der Waals surface area (Å²) >= 11 is 6.31. The Morgan fingerprint density at radius 2 is 2.03 bits per heavy atom. The Balaban J connectivity index is 1.82. The number of nitrogens with zero attached hydrogens (tertiary/aromatic N) is 5. The fourth-order valence-corrected chi connectivity index (χ4v) is 3.48. The number of aliphatic imine (C=N–C) groups is 1. The summed E-state index contributed by atoms with van der Waals surface area (Å²) in [4.78, 5) is 30.0. The normalized spacial score (nSPS) is 12.9. The van der Waals surface area contributed by atoms with Crippen LogP contribution in [0.5, 0.6) is 5.75 Å². The van der Waals surface area contributed by atoms with E-state index in [-0.39, 0.29) is 23.2 Å². The van der Waals surface area contributed by atoms with Crippen LogP contribution in [-0.4, -0.2) is 30.8 Å². The predicted molar refractivity (Wildman–Crippen MR) is 143 cm³/mol. The van der Waals surface area contributed by atoms with Crippen LogP contribution in [0.4, 0.5) is 4.39 Å². The number of rotatable bonds is 8. The van der Waals surface area contributed by atoms with Crippen molar-refractivity contribution in [2.75, 3.05) is 0 Å². The molecule has 0 aromatic carbocycles. The molecule has 0 spiro atoms. The lowest BCUT2D eigenvalue weighted by molar-refractivity contribution is 0.0686. The maximum absolute atomic E-state index is 13.4. The first kappa shape index (κ1) is 27.9. The number of pyridine rings is 2. The molecule has 1 N–H and O–H groups in total. The summed E-state index contributed by atoms with van der Waals surface area (Å²) in [5.74, 6) is 0.103. The second-order valence-electron chi connectivity index (χ2n) is 8.98. The van der Waals surface area contributed by atoms with Crippen molar-refractivity contribution in [3.05, 3.63) is 91.9 Å². The van der Waals surface area contributed by atoms with Crippen molar-refractivity contribution in [1.82, 2.24) is 19.5 Å². The van der Waals surface area contributed by atoms with Gasteiger partial charge in [-0.15, -0.1) is 0 Å². The fraction of sp³-hybridized carbons (Fsp3) is 0.296. The number of aryl methyl sites for hydroxylation is 2. The Labute approximate surface area is 219 Å². The van der Waals surface area contributed by atoms with E-state index in [1.54, 1.807) is 77.5 Å². The van der Waals surface area contributed by atoms with Crippen LogP contribution in [0.3, 0.4) is 0 Å². The minimum atomic E-state index is -1.18. The first-order chi connectivity index (χ1) is 17.4. The van der Waals surface area contributed by atoms with E-state index in [0.717, 1.165) is 6.20 Å². The minimum absolute atomic E-state index is 0.0373. The molecule has 0 radical (unpaired) electrons. The van der Waals surface area contributed by atoms with Crippen molar-refractivity contribution in [2.45, 2.75) is 53.8 Å². The van der Waals surface area contributed by atoms with E-state index in [1.165, 1.54) is 4.57 Å². The zero-order valence-corrected chi connectivity index (χ0v) is 22.3. The molecule has 0 aliphatic rings. The third kappa shape index (κ3) is 6.96. The quantitative estimate of drug-likeness (QED) is 0.403. The van der Waals surface area contributed by atoms with Crippen LogP contribution >= 0.6 is 11.6 Å². The van der Waals surface area contributed by atoms with Gasteiger partial charge in [0.2, 0.25) is 0 Å². The van der Waals surface area contributed by atoms with Crippen LogP contribution in [-0.2, 0) is 12.2 Å². The van der Waals surface area contributed by atoms with Crippen molar-refractivity contribution in [1.29, 1.82) is 0 Å². The number of hydrogen-bond acceptors (Lipinski definition) is 7. The highest BCUT2D eigenvalue weighted by atomic mass is 35.5. The van der Waals surface area contributed by atoms with Crippen molar-refractivity contribution in [2.24, 2.45) is 4.99 Å². The maximum atomic E-state index is 13.4. The van der Waals surface area contributed by atoms with Gasteiger partial charge in [-0.05, 0) is 64.8 Å². The topological polar surface area (TPSA) is 102 Å². The predicted octanol–water partition coefficient (Wildman–Crippen LogP) is 5.24. The van der Waals surface area contributed by atoms with Gasteiger partial charge in [0.1, 0.15) is 28.8 Å². The van der Waals surface area contributed by atoms with Gasteiger partial charge < -0.3 is 9.84 Å². The molecular formula is C27H29ClFN5O3. The SMILES string of the molecule is C\C=C(/N=C\C(C)=C\n1c(C)cc(OCc2cc(C)c(F)cn2)c(Cl)c1=O)c1ccnc(C(C)(C)O)n1. The van der Waals surface area contributed by atoms with Gasteiger partial charge in [0.05, 0.1) is 23.3 Å². The number of ether oxygens (including phenoxy) is 1. The highest BCUT2D eigenvalue weighted by Gasteiger charge is 2.20. The summed E-state index contributed by atoms with van der Waals surface area (Å²) < 4.78 is 20.6. The Kier molecular flexibility index (Phi) is 8.73. The van der Waals surface area contributed by atoms with Gasteiger partial charge in [-0.1, -0.05) is 17.7 Å². The zero-order chi connectivity index (χ0) is 27.3. The van der Waals surface area contributed by atoms with Gasteiger partial charge in [0.25, 0.3) is 5.56 Å². The van der Waals surface area contributed by atoms with Crippen molar-refractivity contribution >= 4 is 29.7 Å². The lowest BCUT2D eigenvalue weighted by Gasteiger charge is -2.15. The zero-order valence-electron chi connectivity index (χ0n) is 21.6. The maximum Gasteiger partial charge on any atom is 0.277 e. The molecule has 0 aliphatic heterocycles. The average Bonchev–Trinajstić information content (AvgIpc) is 2.85. The van der Waals surface area contributed by atoms with Gasteiger partial charge >= 0.3 is 0 Å². The van der Waals surface area contributed by atoms with Crippen LogP contribution in [0.2, 0.25) is 5.02 Å². The number of aromatic nitrogens is 4. The summed E-state index contributed by atoms with van der Waals surface area (Å²) in [5.41, 5.74) is 1.74. The third-order valence-electron chi connectivity index (χ3n) is 5.30. The monoisotopic (exact) mass is 525 g/mol. The second kappa shape index (κ2) is 11.6. The summed E-state index contributed by atoms with van der Waals surface area (Å²) in [7, 11) is 0. The molecule has 0 saturated carbocycles. The summed E-state index contributed by atoms with van der Waals surface area (Å²) in [6.07, 6.45) is 7.72. The standard InChI is InChI=1S/C27H29ClFN5O3/c1-7-21(22-8-9-30-26(33-22)27(5,6)36)32-12-16(2)14-34-18(4)11-23(24(28)25(34)35)37-15-19-10-17(3)20(29)13-31-19/h7-14,36H,15H2,1-6H3/b16-14+,21-7-,32-12-. The molecular weight excluding hydrogens is 497 g/mol. The molecule has 0 bridgehead atoms. The highest BCUT2D eigenvalue weighted by Crippen LogP contribution is 2.23. The number of aliphatic hydroxyl groups is 1. The molecule has 0 fully saturated rings. The molecule has 0 aliphatic carbocycles. The van der Waals surface area contributed by atoms with Crippen LogP contribution in [0.15, 0.2) is 52.0 Å². The summed E-state index contributed by atoms with van der Waals surface area (Å²) in [5, 5.41) is 10.1. The fourth-order valence-electron chi connectivity index (χ4n) is 3.28. The van der Waals surface area contributed by atoms with E-state index < -0.39 is 17.0 Å². The highest BCUT2D eigenvalue weighted by molar-refractivity contribution is 6.31. The van der Waals surface area contributed by atoms with Crippen molar-refractivity contribution < 1.29 is 14.2 Å². The van der Waals surface area contributed by atoms with Crippen LogP contribution < -0.4 is 10.3 Å². The van der Waals surface area contributed by atoms with Crippen molar-refractivity contribution in [3.63, 3.8) is 0 Å². The van der Waals surface area contributed by atoms with E-state index in [2.05, 4.69) is 19.9 Å². The molecule has 194 valence electrons. The summed E-state index contributed by atoms with van der Waals surface area (Å²) in [6.45, 7) is 10.3. The molecule has 3 rings (SSSR count). The largest absolute Gasteiger partial charge is 0.485 e. The van der Waals surface area contributed by atoms with Crippen molar-refractivity contribution in [3.8, 4) is 5.75 Å². The molecule has 0 atom stereocenters. The third-order valence-corrected chi connectivity index (χ3v) is 5.65. The van der Waals surface area contributed by atoms with E-state index in [4.69, 9.17) is 16.3 Å². The molecule has 37 heavy (non-hydrogen) atoms. The van der Waals surface area contributed by atoms with E-state index in [0.29, 0.717) is 33.9 Å². The Morgan fingerprint density at radius 3 is 2.68 bits per heavy atom. The molecule has 10 heteroatoms. The van der Waals surface area contributed by atoms with Gasteiger partial charge in [-0.25, -0.2) is 14.4 Å². The number of hydrogen-bond donors (Lipinski definition) is 1. The van der Waals surface area contributed by atoms with E-state index in [9.17, 15) is 14.3 Å². The molecule has 0 amide bonds. The average molecular weight is 526 g/mol. The van der Waals surface area contributed by atoms with Crippen LogP contribution in [0, 0.1) is 19.7 Å². The van der Waals surface area contributed by atoms with E-state index in [1.807, 2.05) is 6.92 Å². The molecule has 3 aromatic heterocycles.